The maximum absolute atomic E-state index is 13.5. The van der Waals surface area contributed by atoms with E-state index < -0.39 is 0 Å². The van der Waals surface area contributed by atoms with E-state index in [0.29, 0.717) is 60.3 Å². The fourth-order valence-corrected chi connectivity index (χ4v) is 7.02. The normalized spacial score (nSPS) is 21.4. The van der Waals surface area contributed by atoms with Crippen LogP contribution in [0.1, 0.15) is 90.4 Å². The number of aliphatic imine (C=N–C) groups is 2. The van der Waals surface area contributed by atoms with Crippen molar-refractivity contribution in [3.05, 3.63) is 105 Å². The van der Waals surface area contributed by atoms with E-state index in [4.69, 9.17) is 19.5 Å². The Hall–Kier alpha value is -4.98. The minimum atomic E-state index is -0.0839. The second kappa shape index (κ2) is 12.8. The molecule has 0 aromatic heterocycles. The zero-order valence-electron chi connectivity index (χ0n) is 29.2. The van der Waals surface area contributed by atoms with Crippen LogP contribution in [0.2, 0.25) is 0 Å². The van der Waals surface area contributed by atoms with Gasteiger partial charge in [-0.25, -0.2) is 0 Å². The van der Waals surface area contributed by atoms with Gasteiger partial charge in [0.05, 0.1) is 34.6 Å². The van der Waals surface area contributed by atoms with E-state index in [9.17, 15) is 9.59 Å². The number of allylic oxidation sites excluding steroid dienone is 2. The highest BCUT2D eigenvalue weighted by atomic mass is 16.5. The van der Waals surface area contributed by atoms with E-state index in [1.54, 1.807) is 0 Å². The van der Waals surface area contributed by atoms with E-state index >= 15 is 0 Å². The third-order valence-corrected chi connectivity index (χ3v) is 10.0. The lowest BCUT2D eigenvalue weighted by Gasteiger charge is -2.22. The maximum atomic E-state index is 13.5. The summed E-state index contributed by atoms with van der Waals surface area (Å²) in [6, 6.07) is 15.8. The first kappa shape index (κ1) is 32.6. The molecule has 4 aliphatic rings. The van der Waals surface area contributed by atoms with Crippen molar-refractivity contribution >= 4 is 35.6 Å². The minimum absolute atomic E-state index is 0.00880. The van der Waals surface area contributed by atoms with Crippen LogP contribution in [0, 0.1) is 6.92 Å². The van der Waals surface area contributed by atoms with Gasteiger partial charge in [-0.3, -0.25) is 19.6 Å². The lowest BCUT2D eigenvalue weighted by molar-refractivity contribution is 0.0770. The molecule has 0 unspecified atom stereocenters. The third-order valence-electron chi connectivity index (χ3n) is 10.0. The van der Waals surface area contributed by atoms with Crippen molar-refractivity contribution in [2.45, 2.75) is 85.1 Å². The van der Waals surface area contributed by atoms with Gasteiger partial charge in [0.25, 0.3) is 11.8 Å². The number of ether oxygens (including phenoxy) is 2. The smallest absolute Gasteiger partial charge is 0.256 e. The van der Waals surface area contributed by atoms with Crippen LogP contribution >= 0.6 is 0 Å². The first-order valence-corrected chi connectivity index (χ1v) is 17.2. The Morgan fingerprint density at radius 2 is 1.33 bits per heavy atom. The minimum Gasteiger partial charge on any atom is -0.489 e. The second-order valence-electron chi connectivity index (χ2n) is 14.5. The van der Waals surface area contributed by atoms with Gasteiger partial charge in [-0.05, 0) is 85.5 Å². The van der Waals surface area contributed by atoms with E-state index in [1.807, 2.05) is 73.3 Å². The van der Waals surface area contributed by atoms with Gasteiger partial charge in [0, 0.05) is 37.7 Å². The van der Waals surface area contributed by atoms with Crippen molar-refractivity contribution in [1.29, 1.82) is 0 Å². The first-order valence-electron chi connectivity index (χ1n) is 17.2. The second-order valence-corrected chi connectivity index (χ2v) is 14.5. The van der Waals surface area contributed by atoms with Crippen molar-refractivity contribution < 1.29 is 19.1 Å². The monoisotopic (exact) mass is 656 g/mol. The average Bonchev–Trinajstić information content (AvgIpc) is 3.65. The Morgan fingerprint density at radius 3 is 1.92 bits per heavy atom. The van der Waals surface area contributed by atoms with Gasteiger partial charge >= 0.3 is 0 Å². The fraction of sp³-hybridized carbons (Fsp3) is 0.366. The molecule has 252 valence electrons. The molecule has 7 rings (SSSR count). The standard InChI is InChI=1S/C41H44N4O4/c1-7-26-15-31-19-42-36-17-33(9-10-34(36)39(46)44(31)21-26)48-23-28-12-29(14-30(13-28)41(4,5)6)24-49-38-18-37-35(11-25(38)3)40(47)45-22-27(8-2)16-32(45)20-43-37/h7-14,17-20,31-32H,15-16,21-24H2,1-6H3/b26-7+,27-8+/t31-,32-/m0/s1. The van der Waals surface area contributed by atoms with E-state index in [0.717, 1.165) is 29.5 Å². The highest BCUT2D eigenvalue weighted by Crippen LogP contribution is 2.36. The van der Waals surface area contributed by atoms with Crippen LogP contribution in [-0.4, -0.2) is 59.2 Å². The van der Waals surface area contributed by atoms with Gasteiger partial charge in [0.2, 0.25) is 0 Å². The Balaban J connectivity index is 1.08. The van der Waals surface area contributed by atoms with Crippen molar-refractivity contribution in [3.8, 4) is 11.5 Å². The molecule has 0 aliphatic carbocycles. The Bertz CT molecular complexity index is 1960. The lowest BCUT2D eigenvalue weighted by atomic mass is 9.85. The Labute approximate surface area is 288 Å². The molecule has 3 aromatic carbocycles. The van der Waals surface area contributed by atoms with Gasteiger partial charge in [-0.1, -0.05) is 56.2 Å². The summed E-state index contributed by atoms with van der Waals surface area (Å²) in [4.78, 5) is 40.0. The van der Waals surface area contributed by atoms with Gasteiger partial charge in [0.15, 0.2) is 0 Å². The van der Waals surface area contributed by atoms with Crippen LogP contribution in [0.15, 0.2) is 81.8 Å². The highest BCUT2D eigenvalue weighted by Gasteiger charge is 2.35. The molecule has 2 saturated heterocycles. The predicted octanol–water partition coefficient (Wildman–Crippen LogP) is 8.20. The van der Waals surface area contributed by atoms with Crippen LogP contribution in [-0.2, 0) is 18.6 Å². The summed E-state index contributed by atoms with van der Waals surface area (Å²) < 4.78 is 12.7. The SMILES string of the molecule is C/C=C1\C[C@H]2C=Nc3cc(OCc4cc(COc5cc6c(cc5C)C(=O)N5C/C(=C/C)C[C@H]5C=N6)cc(C(C)(C)C)c4)ccc3C(=O)N2C1. The van der Waals surface area contributed by atoms with Gasteiger partial charge in [-0.2, -0.15) is 0 Å². The van der Waals surface area contributed by atoms with Crippen molar-refractivity contribution in [3.63, 3.8) is 0 Å². The largest absolute Gasteiger partial charge is 0.489 e. The molecular formula is C41H44N4O4. The quantitative estimate of drug-likeness (QED) is 0.251. The maximum Gasteiger partial charge on any atom is 0.256 e. The average molecular weight is 657 g/mol. The van der Waals surface area contributed by atoms with E-state index in [-0.39, 0.29) is 29.3 Å². The Morgan fingerprint density at radius 1 is 0.755 bits per heavy atom. The van der Waals surface area contributed by atoms with Crippen LogP contribution < -0.4 is 9.47 Å². The molecule has 2 amide bonds. The van der Waals surface area contributed by atoms with Crippen LogP contribution in [0.3, 0.4) is 0 Å². The topological polar surface area (TPSA) is 83.8 Å². The molecule has 2 atom stereocenters. The van der Waals surface area contributed by atoms with Gasteiger partial charge in [0.1, 0.15) is 24.7 Å². The molecule has 8 nitrogen and oxygen atoms in total. The van der Waals surface area contributed by atoms with Crippen molar-refractivity contribution in [1.82, 2.24) is 9.80 Å². The number of amides is 2. The zero-order valence-corrected chi connectivity index (χ0v) is 29.2. The fourth-order valence-electron chi connectivity index (χ4n) is 7.02. The molecule has 49 heavy (non-hydrogen) atoms. The lowest BCUT2D eigenvalue weighted by Crippen LogP contribution is -2.35. The number of benzene rings is 3. The molecule has 4 aliphatic heterocycles. The number of carbonyl (C=O) groups excluding carboxylic acids is 2. The number of carbonyl (C=O) groups is 2. The molecule has 8 heteroatoms. The zero-order chi connectivity index (χ0) is 34.4. The molecular weight excluding hydrogens is 612 g/mol. The van der Waals surface area contributed by atoms with Crippen molar-refractivity contribution in [2.24, 2.45) is 9.98 Å². The van der Waals surface area contributed by atoms with Gasteiger partial charge in [-0.15, -0.1) is 0 Å². The molecule has 0 saturated carbocycles. The molecule has 0 radical (unpaired) electrons. The molecule has 0 spiro atoms. The number of hydrogen-bond donors (Lipinski definition) is 0. The summed E-state index contributed by atoms with van der Waals surface area (Å²) in [6.45, 7) is 14.6. The Kier molecular flexibility index (Phi) is 8.51. The van der Waals surface area contributed by atoms with Crippen LogP contribution in [0.4, 0.5) is 11.4 Å². The van der Waals surface area contributed by atoms with Crippen molar-refractivity contribution in [2.75, 3.05) is 13.1 Å². The summed E-state index contributed by atoms with van der Waals surface area (Å²) in [7, 11) is 0. The predicted molar refractivity (Wildman–Crippen MR) is 194 cm³/mol. The third kappa shape index (κ3) is 6.44. The summed E-state index contributed by atoms with van der Waals surface area (Å²) >= 11 is 0. The van der Waals surface area contributed by atoms with E-state index in [1.165, 1.54) is 16.7 Å². The summed E-state index contributed by atoms with van der Waals surface area (Å²) in [5, 5.41) is 0. The van der Waals surface area contributed by atoms with Gasteiger partial charge < -0.3 is 19.3 Å². The molecule has 0 N–H and O–H groups in total. The molecule has 4 heterocycles. The number of hydrogen-bond acceptors (Lipinski definition) is 6. The molecule has 3 aromatic rings. The summed E-state index contributed by atoms with van der Waals surface area (Å²) in [5.74, 6) is 1.40. The molecule has 0 bridgehead atoms. The number of aryl methyl sites for hydroxylation is 1. The first-order chi connectivity index (χ1) is 23.5. The van der Waals surface area contributed by atoms with Crippen LogP contribution in [0.25, 0.3) is 0 Å². The van der Waals surface area contributed by atoms with Crippen LogP contribution in [0.5, 0.6) is 11.5 Å². The highest BCUT2D eigenvalue weighted by molar-refractivity contribution is 6.04. The molecule has 2 fully saturated rings. The number of nitrogens with zero attached hydrogens (tertiary/aromatic N) is 4. The summed E-state index contributed by atoms with van der Waals surface area (Å²) in [6.07, 6.45) is 9.64. The summed E-state index contributed by atoms with van der Waals surface area (Å²) in [5.41, 5.74) is 9.07. The van der Waals surface area contributed by atoms with E-state index in [2.05, 4.69) is 51.1 Å². The number of fused-ring (bicyclic) bond motifs is 4. The number of rotatable bonds is 6.